The van der Waals surface area contributed by atoms with Crippen LogP contribution in [-0.4, -0.2) is 21.5 Å². The van der Waals surface area contributed by atoms with Gasteiger partial charge in [0, 0.05) is 18.9 Å². The van der Waals surface area contributed by atoms with Gasteiger partial charge in [0.1, 0.15) is 12.0 Å². The molecule has 1 atom stereocenters. The Morgan fingerprint density at radius 2 is 2.05 bits per heavy atom. The summed E-state index contributed by atoms with van der Waals surface area (Å²) in [4.78, 5) is 14.4. The van der Waals surface area contributed by atoms with Crippen LogP contribution in [0.4, 0.5) is 11.5 Å². The normalized spacial score (nSPS) is 18.8. The minimum Gasteiger partial charge on any atom is -0.393 e. The summed E-state index contributed by atoms with van der Waals surface area (Å²) in [6.07, 6.45) is 7.25. The van der Waals surface area contributed by atoms with E-state index < -0.39 is 0 Å². The van der Waals surface area contributed by atoms with E-state index in [9.17, 15) is 0 Å². The maximum absolute atomic E-state index is 5.99. The first-order valence-corrected chi connectivity index (χ1v) is 6.57. The van der Waals surface area contributed by atoms with Crippen molar-refractivity contribution < 1.29 is 0 Å². The molecule has 98 valence electrons. The van der Waals surface area contributed by atoms with Crippen LogP contribution in [0.3, 0.4) is 0 Å². The van der Waals surface area contributed by atoms with E-state index in [-0.39, 0.29) is 6.04 Å². The Hall–Kier alpha value is -1.88. The second kappa shape index (κ2) is 5.01. The molecule has 0 amide bonds. The molecule has 1 fully saturated rings. The first kappa shape index (κ1) is 12.2. The number of pyridine rings is 1. The maximum Gasteiger partial charge on any atom is 0.157 e. The molecule has 0 saturated carbocycles. The largest absolute Gasteiger partial charge is 0.393 e. The third kappa shape index (κ3) is 2.21. The topological polar surface area (TPSA) is 67.9 Å². The maximum atomic E-state index is 5.99. The zero-order valence-electron chi connectivity index (χ0n) is 10.3. The summed E-state index contributed by atoms with van der Waals surface area (Å²) in [5.41, 5.74) is 7.66. The third-order valence-corrected chi connectivity index (χ3v) is 3.73. The van der Waals surface area contributed by atoms with E-state index in [2.05, 4.69) is 19.9 Å². The van der Waals surface area contributed by atoms with Crippen molar-refractivity contribution in [3.63, 3.8) is 0 Å². The van der Waals surface area contributed by atoms with Crippen molar-refractivity contribution in [3.05, 3.63) is 41.6 Å². The van der Waals surface area contributed by atoms with Gasteiger partial charge in [-0.2, -0.15) is 0 Å². The van der Waals surface area contributed by atoms with Gasteiger partial charge in [-0.15, -0.1) is 0 Å². The molecule has 1 aliphatic heterocycles. The number of hydrogen-bond acceptors (Lipinski definition) is 5. The van der Waals surface area contributed by atoms with Crippen molar-refractivity contribution in [1.82, 2.24) is 15.0 Å². The van der Waals surface area contributed by atoms with Gasteiger partial charge in [0.2, 0.25) is 0 Å². The molecule has 5 nitrogen and oxygen atoms in total. The van der Waals surface area contributed by atoms with Gasteiger partial charge in [0.25, 0.3) is 0 Å². The summed E-state index contributed by atoms with van der Waals surface area (Å²) in [7, 11) is 0. The lowest BCUT2D eigenvalue weighted by atomic mass is 10.1. The quantitative estimate of drug-likeness (QED) is 0.853. The van der Waals surface area contributed by atoms with Gasteiger partial charge in [-0.25, -0.2) is 9.97 Å². The van der Waals surface area contributed by atoms with Crippen LogP contribution in [-0.2, 0) is 0 Å². The molecular weight excluding hydrogens is 262 g/mol. The second-order valence-electron chi connectivity index (χ2n) is 4.53. The van der Waals surface area contributed by atoms with Crippen molar-refractivity contribution in [1.29, 1.82) is 0 Å². The lowest BCUT2D eigenvalue weighted by Crippen LogP contribution is -2.24. The summed E-state index contributed by atoms with van der Waals surface area (Å²) in [6, 6.07) is 4.33. The van der Waals surface area contributed by atoms with Crippen LogP contribution in [0, 0.1) is 0 Å². The molecule has 1 unspecified atom stereocenters. The molecule has 0 spiro atoms. The predicted molar refractivity (Wildman–Crippen MR) is 75.0 cm³/mol. The SMILES string of the molecule is Nc1c(Cl)ncnc1N1CCCC1c1ccncc1. The molecule has 1 saturated heterocycles. The van der Waals surface area contributed by atoms with Gasteiger partial charge in [0.15, 0.2) is 11.0 Å². The molecule has 6 heteroatoms. The zero-order valence-corrected chi connectivity index (χ0v) is 11.1. The van der Waals surface area contributed by atoms with Crippen molar-refractivity contribution in [2.45, 2.75) is 18.9 Å². The second-order valence-corrected chi connectivity index (χ2v) is 4.89. The van der Waals surface area contributed by atoms with Crippen molar-refractivity contribution in [2.75, 3.05) is 17.2 Å². The van der Waals surface area contributed by atoms with Gasteiger partial charge in [-0.1, -0.05) is 11.6 Å². The molecule has 19 heavy (non-hydrogen) atoms. The molecule has 1 aliphatic rings. The molecule has 0 aromatic carbocycles. The Morgan fingerprint density at radius 1 is 1.26 bits per heavy atom. The summed E-state index contributed by atoms with van der Waals surface area (Å²) in [5, 5.41) is 0.311. The summed E-state index contributed by atoms with van der Waals surface area (Å²) >= 11 is 5.97. The zero-order chi connectivity index (χ0) is 13.2. The minimum atomic E-state index is 0.274. The third-order valence-electron chi connectivity index (χ3n) is 3.43. The lowest BCUT2D eigenvalue weighted by molar-refractivity contribution is 0.710. The first-order valence-electron chi connectivity index (χ1n) is 6.20. The Balaban J connectivity index is 1.98. The molecule has 0 radical (unpaired) electrons. The lowest BCUT2D eigenvalue weighted by Gasteiger charge is -2.27. The highest BCUT2D eigenvalue weighted by Gasteiger charge is 2.28. The van der Waals surface area contributed by atoms with E-state index in [4.69, 9.17) is 17.3 Å². The smallest absolute Gasteiger partial charge is 0.157 e. The molecule has 0 aliphatic carbocycles. The van der Waals surface area contributed by atoms with Crippen molar-refractivity contribution in [3.8, 4) is 0 Å². The van der Waals surface area contributed by atoms with Gasteiger partial charge >= 0.3 is 0 Å². The number of anilines is 2. The highest BCUT2D eigenvalue weighted by Crippen LogP contribution is 2.38. The number of nitrogens with zero attached hydrogens (tertiary/aromatic N) is 4. The average Bonchev–Trinajstić information content (AvgIpc) is 2.92. The number of nitrogen functional groups attached to an aromatic ring is 1. The van der Waals surface area contributed by atoms with Crippen LogP contribution in [0.15, 0.2) is 30.9 Å². The Bertz CT molecular complexity index is 575. The fraction of sp³-hybridized carbons (Fsp3) is 0.308. The van der Waals surface area contributed by atoms with Crippen molar-refractivity contribution >= 4 is 23.1 Å². The van der Waals surface area contributed by atoms with Crippen LogP contribution < -0.4 is 10.6 Å². The van der Waals surface area contributed by atoms with Crippen LogP contribution in [0.2, 0.25) is 5.15 Å². The molecule has 0 bridgehead atoms. The number of nitrogens with two attached hydrogens (primary N) is 1. The Kier molecular flexibility index (Phi) is 3.21. The van der Waals surface area contributed by atoms with Crippen LogP contribution in [0.5, 0.6) is 0 Å². The molecule has 2 aromatic heterocycles. The first-order chi connectivity index (χ1) is 9.27. The highest BCUT2D eigenvalue weighted by molar-refractivity contribution is 6.32. The predicted octanol–water partition coefficient (Wildman–Crippen LogP) is 2.45. The van der Waals surface area contributed by atoms with E-state index in [0.29, 0.717) is 10.8 Å². The number of halogens is 1. The summed E-state index contributed by atoms with van der Waals surface area (Å²) < 4.78 is 0. The molecular formula is C13H14ClN5. The highest BCUT2D eigenvalue weighted by atomic mass is 35.5. The van der Waals surface area contributed by atoms with Crippen LogP contribution in [0.25, 0.3) is 0 Å². The fourth-order valence-corrected chi connectivity index (χ4v) is 2.67. The summed E-state index contributed by atoms with van der Waals surface area (Å²) in [5.74, 6) is 0.722. The van der Waals surface area contributed by atoms with Gasteiger partial charge in [-0.3, -0.25) is 4.98 Å². The van der Waals surface area contributed by atoms with E-state index >= 15 is 0 Å². The molecule has 2 N–H and O–H groups in total. The van der Waals surface area contributed by atoms with E-state index in [1.165, 1.54) is 11.9 Å². The Morgan fingerprint density at radius 3 is 2.84 bits per heavy atom. The van der Waals surface area contributed by atoms with Gasteiger partial charge < -0.3 is 10.6 Å². The molecule has 3 heterocycles. The van der Waals surface area contributed by atoms with Gasteiger partial charge in [0.05, 0.1) is 6.04 Å². The number of rotatable bonds is 2. The number of hydrogen-bond donors (Lipinski definition) is 1. The van der Waals surface area contributed by atoms with E-state index in [1.54, 1.807) is 0 Å². The van der Waals surface area contributed by atoms with Crippen LogP contribution >= 0.6 is 11.6 Å². The molecule has 3 rings (SSSR count). The monoisotopic (exact) mass is 275 g/mol. The van der Waals surface area contributed by atoms with E-state index in [0.717, 1.165) is 25.2 Å². The standard InChI is InChI=1S/C13H14ClN5/c14-12-11(15)13(18-8-17-12)19-7-1-2-10(19)9-3-5-16-6-4-9/h3-6,8,10H,1-2,7,15H2. The minimum absolute atomic E-state index is 0.274. The van der Waals surface area contributed by atoms with E-state index in [1.807, 2.05) is 24.5 Å². The number of aromatic nitrogens is 3. The average molecular weight is 276 g/mol. The van der Waals surface area contributed by atoms with Gasteiger partial charge in [-0.05, 0) is 30.5 Å². The van der Waals surface area contributed by atoms with Crippen LogP contribution in [0.1, 0.15) is 24.4 Å². The molecule has 2 aromatic rings. The van der Waals surface area contributed by atoms with Crippen molar-refractivity contribution in [2.24, 2.45) is 0 Å². The fourth-order valence-electron chi connectivity index (χ4n) is 2.55. The summed E-state index contributed by atoms with van der Waals surface area (Å²) in [6.45, 7) is 0.921. The Labute approximate surface area is 116 Å².